The lowest BCUT2D eigenvalue weighted by Crippen LogP contribution is -2.15. The minimum Gasteiger partial charge on any atom is -0.476 e. The number of hydrogen-bond donors (Lipinski definition) is 1. The molecule has 0 aliphatic heterocycles. The molecule has 0 unspecified atom stereocenters. The first-order chi connectivity index (χ1) is 7.75. The highest BCUT2D eigenvalue weighted by molar-refractivity contribution is 6.32. The quantitative estimate of drug-likeness (QED) is 0.882. The van der Waals surface area contributed by atoms with Gasteiger partial charge < -0.3 is 10.5 Å². The molecule has 2 rings (SSSR count). The van der Waals surface area contributed by atoms with E-state index in [1.165, 1.54) is 32.1 Å². The number of halogens is 1. The van der Waals surface area contributed by atoms with Crippen molar-refractivity contribution in [3.05, 3.63) is 17.3 Å². The molecule has 0 atom stereocenters. The van der Waals surface area contributed by atoms with Crippen LogP contribution in [0, 0.1) is 5.92 Å². The molecule has 1 aliphatic rings. The smallest absolute Gasteiger partial charge is 0.232 e. The fourth-order valence-electron chi connectivity index (χ4n) is 2.10. The maximum atomic E-state index is 5.98. The van der Waals surface area contributed by atoms with Crippen molar-refractivity contribution in [1.29, 1.82) is 0 Å². The SMILES string of the molecule is Nc1cnc(OCC2CCCCC2)c(Cl)c1. The topological polar surface area (TPSA) is 48.1 Å². The van der Waals surface area contributed by atoms with Crippen LogP contribution in [-0.2, 0) is 0 Å². The van der Waals surface area contributed by atoms with Gasteiger partial charge in [-0.3, -0.25) is 0 Å². The molecule has 0 saturated heterocycles. The van der Waals surface area contributed by atoms with Gasteiger partial charge in [-0.15, -0.1) is 0 Å². The Morgan fingerprint density at radius 2 is 2.12 bits per heavy atom. The third kappa shape index (κ3) is 3.01. The molecule has 16 heavy (non-hydrogen) atoms. The molecule has 1 fully saturated rings. The molecular formula is C12H17ClN2O. The van der Waals surface area contributed by atoms with Crippen molar-refractivity contribution >= 4 is 17.3 Å². The van der Waals surface area contributed by atoms with Gasteiger partial charge in [0.1, 0.15) is 5.02 Å². The van der Waals surface area contributed by atoms with Crippen molar-refractivity contribution in [2.24, 2.45) is 5.92 Å². The highest BCUT2D eigenvalue weighted by Gasteiger charge is 2.15. The molecule has 1 aromatic heterocycles. The van der Waals surface area contributed by atoms with Gasteiger partial charge in [-0.1, -0.05) is 30.9 Å². The Morgan fingerprint density at radius 1 is 1.38 bits per heavy atom. The van der Waals surface area contributed by atoms with Gasteiger partial charge in [0.05, 0.1) is 18.5 Å². The summed E-state index contributed by atoms with van der Waals surface area (Å²) >= 11 is 5.98. The number of nitrogens with two attached hydrogens (primary N) is 1. The summed E-state index contributed by atoms with van der Waals surface area (Å²) in [6, 6.07) is 1.67. The van der Waals surface area contributed by atoms with E-state index in [2.05, 4.69) is 4.98 Å². The van der Waals surface area contributed by atoms with Crippen molar-refractivity contribution in [3.63, 3.8) is 0 Å². The molecule has 1 heterocycles. The van der Waals surface area contributed by atoms with Gasteiger partial charge in [0.25, 0.3) is 0 Å². The molecular weight excluding hydrogens is 224 g/mol. The van der Waals surface area contributed by atoms with Crippen molar-refractivity contribution in [2.75, 3.05) is 12.3 Å². The molecule has 3 nitrogen and oxygen atoms in total. The van der Waals surface area contributed by atoms with E-state index in [9.17, 15) is 0 Å². The minimum absolute atomic E-state index is 0.496. The summed E-state index contributed by atoms with van der Waals surface area (Å²) in [7, 11) is 0. The van der Waals surface area contributed by atoms with Crippen LogP contribution >= 0.6 is 11.6 Å². The molecule has 88 valence electrons. The molecule has 2 N–H and O–H groups in total. The van der Waals surface area contributed by atoms with Crippen LogP contribution in [0.5, 0.6) is 5.88 Å². The van der Waals surface area contributed by atoms with Crippen molar-refractivity contribution in [1.82, 2.24) is 4.98 Å². The molecule has 1 aromatic rings. The summed E-state index contributed by atoms with van der Waals surface area (Å²) in [4.78, 5) is 4.08. The van der Waals surface area contributed by atoms with Crippen LogP contribution in [0.4, 0.5) is 5.69 Å². The lowest BCUT2D eigenvalue weighted by atomic mass is 9.90. The van der Waals surface area contributed by atoms with Crippen molar-refractivity contribution < 1.29 is 4.74 Å². The van der Waals surface area contributed by atoms with Crippen LogP contribution < -0.4 is 10.5 Å². The Balaban J connectivity index is 1.88. The van der Waals surface area contributed by atoms with E-state index >= 15 is 0 Å². The lowest BCUT2D eigenvalue weighted by Gasteiger charge is -2.21. The second-order valence-corrected chi connectivity index (χ2v) is 4.78. The summed E-state index contributed by atoms with van der Waals surface area (Å²) in [5.41, 5.74) is 6.13. The highest BCUT2D eigenvalue weighted by Crippen LogP contribution is 2.27. The minimum atomic E-state index is 0.496. The summed E-state index contributed by atoms with van der Waals surface area (Å²) in [6.07, 6.45) is 8.08. The molecule has 0 spiro atoms. The first-order valence-electron chi connectivity index (χ1n) is 5.79. The maximum absolute atomic E-state index is 5.98. The Labute approximate surface area is 101 Å². The zero-order valence-corrected chi connectivity index (χ0v) is 10.0. The Morgan fingerprint density at radius 3 is 2.81 bits per heavy atom. The van der Waals surface area contributed by atoms with Gasteiger partial charge in [-0.2, -0.15) is 0 Å². The lowest BCUT2D eigenvalue weighted by molar-refractivity contribution is 0.203. The van der Waals surface area contributed by atoms with E-state index in [0.29, 0.717) is 22.5 Å². The fraction of sp³-hybridized carbons (Fsp3) is 0.583. The molecule has 1 aliphatic carbocycles. The van der Waals surface area contributed by atoms with Crippen LogP contribution in [-0.4, -0.2) is 11.6 Å². The first-order valence-corrected chi connectivity index (χ1v) is 6.17. The van der Waals surface area contributed by atoms with Crippen LogP contribution in [0.15, 0.2) is 12.3 Å². The van der Waals surface area contributed by atoms with Crippen LogP contribution in [0.1, 0.15) is 32.1 Å². The summed E-state index contributed by atoms with van der Waals surface area (Å²) < 4.78 is 5.63. The predicted molar refractivity (Wildman–Crippen MR) is 65.7 cm³/mol. The number of ether oxygens (including phenoxy) is 1. The van der Waals surface area contributed by atoms with Crippen molar-refractivity contribution in [2.45, 2.75) is 32.1 Å². The molecule has 0 aromatic carbocycles. The molecule has 0 radical (unpaired) electrons. The summed E-state index contributed by atoms with van der Waals surface area (Å²) in [6.45, 7) is 0.719. The molecule has 4 heteroatoms. The number of nitrogen functional groups attached to an aromatic ring is 1. The fourth-order valence-corrected chi connectivity index (χ4v) is 2.33. The zero-order chi connectivity index (χ0) is 11.4. The van der Waals surface area contributed by atoms with E-state index in [0.717, 1.165) is 6.61 Å². The summed E-state index contributed by atoms with van der Waals surface area (Å²) in [5.74, 6) is 1.16. The van der Waals surface area contributed by atoms with Crippen LogP contribution in [0.25, 0.3) is 0 Å². The largest absolute Gasteiger partial charge is 0.476 e. The zero-order valence-electron chi connectivity index (χ0n) is 9.29. The Bertz CT molecular complexity index is 351. The van der Waals surface area contributed by atoms with Crippen LogP contribution in [0.3, 0.4) is 0 Å². The van der Waals surface area contributed by atoms with Gasteiger partial charge in [0, 0.05) is 0 Å². The monoisotopic (exact) mass is 240 g/mol. The van der Waals surface area contributed by atoms with E-state index < -0.39 is 0 Å². The van der Waals surface area contributed by atoms with E-state index in [1.54, 1.807) is 12.3 Å². The predicted octanol–water partition coefficient (Wildman–Crippen LogP) is 3.28. The third-order valence-electron chi connectivity index (χ3n) is 3.01. The van der Waals surface area contributed by atoms with Crippen LogP contribution in [0.2, 0.25) is 5.02 Å². The van der Waals surface area contributed by atoms with E-state index in [1.807, 2.05) is 0 Å². The van der Waals surface area contributed by atoms with E-state index in [4.69, 9.17) is 22.1 Å². The highest BCUT2D eigenvalue weighted by atomic mass is 35.5. The number of pyridine rings is 1. The van der Waals surface area contributed by atoms with Gasteiger partial charge >= 0.3 is 0 Å². The average molecular weight is 241 g/mol. The van der Waals surface area contributed by atoms with Gasteiger partial charge in [-0.05, 0) is 24.8 Å². The second kappa shape index (κ2) is 5.39. The van der Waals surface area contributed by atoms with Gasteiger partial charge in [0.15, 0.2) is 0 Å². The number of hydrogen-bond acceptors (Lipinski definition) is 3. The molecule has 1 saturated carbocycles. The Hall–Kier alpha value is -0.960. The maximum Gasteiger partial charge on any atom is 0.232 e. The number of aromatic nitrogens is 1. The van der Waals surface area contributed by atoms with Gasteiger partial charge in [0.2, 0.25) is 5.88 Å². The molecule has 0 bridgehead atoms. The second-order valence-electron chi connectivity index (χ2n) is 4.37. The first kappa shape index (κ1) is 11.5. The third-order valence-corrected chi connectivity index (χ3v) is 3.28. The summed E-state index contributed by atoms with van der Waals surface area (Å²) in [5, 5.41) is 0.496. The average Bonchev–Trinajstić information content (AvgIpc) is 2.29. The Kier molecular flexibility index (Phi) is 3.88. The number of anilines is 1. The number of rotatable bonds is 3. The van der Waals surface area contributed by atoms with Crippen molar-refractivity contribution in [3.8, 4) is 5.88 Å². The standard InChI is InChI=1S/C12H17ClN2O/c13-11-6-10(14)7-15-12(11)16-8-9-4-2-1-3-5-9/h6-7,9H,1-5,8,14H2. The normalized spacial score (nSPS) is 17.3. The van der Waals surface area contributed by atoms with Gasteiger partial charge in [-0.25, -0.2) is 4.98 Å². The van der Waals surface area contributed by atoms with E-state index in [-0.39, 0.29) is 0 Å². The number of nitrogens with zero attached hydrogens (tertiary/aromatic N) is 1. The molecule has 0 amide bonds.